The summed E-state index contributed by atoms with van der Waals surface area (Å²) in [4.78, 5) is 14.3. The molecule has 21 heavy (non-hydrogen) atoms. The number of nitrogens with one attached hydrogen (secondary N) is 1. The van der Waals surface area contributed by atoms with Gasteiger partial charge < -0.3 is 11.1 Å². The summed E-state index contributed by atoms with van der Waals surface area (Å²) >= 11 is 5.82. The van der Waals surface area contributed by atoms with Crippen molar-refractivity contribution in [3.8, 4) is 0 Å². The third kappa shape index (κ3) is 3.73. The molecule has 0 bridgehead atoms. The summed E-state index contributed by atoms with van der Waals surface area (Å²) in [5.41, 5.74) is 5.94. The van der Waals surface area contributed by atoms with Crippen LogP contribution in [0, 0.1) is 11.2 Å². The largest absolute Gasteiger partial charge is 0.330 e. The molecule has 116 valence electrons. The predicted molar refractivity (Wildman–Crippen MR) is 82.9 cm³/mol. The van der Waals surface area contributed by atoms with Gasteiger partial charge in [-0.15, -0.1) is 0 Å². The molecule has 0 saturated carbocycles. The SMILES string of the molecule is CC(C(=O)Nc1cc(Cl)ccc1F)N1CCC(C)(CN)C1. The highest BCUT2D eigenvalue weighted by atomic mass is 35.5. The molecule has 0 spiro atoms. The van der Waals surface area contributed by atoms with E-state index in [9.17, 15) is 9.18 Å². The molecule has 2 unspecified atom stereocenters. The van der Waals surface area contributed by atoms with E-state index in [0.29, 0.717) is 11.6 Å². The Balaban J connectivity index is 2.02. The summed E-state index contributed by atoms with van der Waals surface area (Å²) in [7, 11) is 0. The Morgan fingerprint density at radius 2 is 2.33 bits per heavy atom. The Morgan fingerprint density at radius 1 is 1.62 bits per heavy atom. The maximum atomic E-state index is 13.6. The summed E-state index contributed by atoms with van der Waals surface area (Å²) < 4.78 is 13.6. The summed E-state index contributed by atoms with van der Waals surface area (Å²) in [6.45, 7) is 6.13. The topological polar surface area (TPSA) is 58.4 Å². The second-order valence-corrected chi connectivity index (χ2v) is 6.46. The fourth-order valence-corrected chi connectivity index (χ4v) is 2.73. The predicted octanol–water partition coefficient (Wildman–Crippen LogP) is 2.48. The van der Waals surface area contributed by atoms with E-state index in [1.54, 1.807) is 0 Å². The van der Waals surface area contributed by atoms with Crippen LogP contribution in [-0.2, 0) is 4.79 Å². The fourth-order valence-electron chi connectivity index (χ4n) is 2.56. The smallest absolute Gasteiger partial charge is 0.241 e. The van der Waals surface area contributed by atoms with Crippen LogP contribution in [0.3, 0.4) is 0 Å². The van der Waals surface area contributed by atoms with Crippen molar-refractivity contribution in [3.05, 3.63) is 29.0 Å². The van der Waals surface area contributed by atoms with Crippen LogP contribution in [0.5, 0.6) is 0 Å². The molecule has 0 aromatic heterocycles. The zero-order valence-corrected chi connectivity index (χ0v) is 13.1. The highest BCUT2D eigenvalue weighted by Crippen LogP contribution is 2.30. The monoisotopic (exact) mass is 313 g/mol. The van der Waals surface area contributed by atoms with Crippen molar-refractivity contribution in [2.45, 2.75) is 26.3 Å². The Hall–Kier alpha value is -1.17. The highest BCUT2D eigenvalue weighted by Gasteiger charge is 2.36. The summed E-state index contributed by atoms with van der Waals surface area (Å²) in [5.74, 6) is -0.731. The lowest BCUT2D eigenvalue weighted by atomic mass is 9.90. The Bertz CT molecular complexity index is 540. The van der Waals surface area contributed by atoms with E-state index in [0.717, 1.165) is 19.5 Å². The number of hydrogen-bond acceptors (Lipinski definition) is 3. The number of carbonyl (C=O) groups is 1. The number of halogens is 2. The Kier molecular flexibility index (Phi) is 4.86. The third-order valence-electron chi connectivity index (χ3n) is 4.19. The molecule has 1 aliphatic heterocycles. The minimum absolute atomic E-state index is 0.0514. The van der Waals surface area contributed by atoms with Crippen LogP contribution in [0.15, 0.2) is 18.2 Å². The first-order valence-corrected chi connectivity index (χ1v) is 7.42. The van der Waals surface area contributed by atoms with Crippen molar-refractivity contribution < 1.29 is 9.18 Å². The lowest BCUT2D eigenvalue weighted by Crippen LogP contribution is -2.42. The number of likely N-dealkylation sites (tertiary alicyclic amines) is 1. The van der Waals surface area contributed by atoms with Gasteiger partial charge in [-0.1, -0.05) is 18.5 Å². The van der Waals surface area contributed by atoms with Gasteiger partial charge in [0, 0.05) is 11.6 Å². The van der Waals surface area contributed by atoms with Crippen molar-refractivity contribution in [2.24, 2.45) is 11.1 Å². The van der Waals surface area contributed by atoms with Gasteiger partial charge in [0.05, 0.1) is 11.7 Å². The molecule has 1 aliphatic rings. The number of amides is 1. The summed E-state index contributed by atoms with van der Waals surface area (Å²) in [6.07, 6.45) is 0.965. The van der Waals surface area contributed by atoms with Crippen molar-refractivity contribution in [1.29, 1.82) is 0 Å². The third-order valence-corrected chi connectivity index (χ3v) is 4.43. The molecule has 1 amide bonds. The van der Waals surface area contributed by atoms with Crippen LogP contribution in [0.2, 0.25) is 5.02 Å². The molecule has 6 heteroatoms. The Morgan fingerprint density at radius 3 is 2.95 bits per heavy atom. The maximum Gasteiger partial charge on any atom is 0.241 e. The van der Waals surface area contributed by atoms with Crippen molar-refractivity contribution in [2.75, 3.05) is 25.0 Å². The van der Waals surface area contributed by atoms with Crippen molar-refractivity contribution in [3.63, 3.8) is 0 Å². The first-order valence-electron chi connectivity index (χ1n) is 7.05. The second kappa shape index (κ2) is 6.30. The van der Waals surface area contributed by atoms with Crippen LogP contribution >= 0.6 is 11.6 Å². The first kappa shape index (κ1) is 16.2. The molecule has 2 rings (SSSR count). The lowest BCUT2D eigenvalue weighted by Gasteiger charge is -2.26. The normalized spacial score (nSPS) is 24.0. The highest BCUT2D eigenvalue weighted by molar-refractivity contribution is 6.30. The lowest BCUT2D eigenvalue weighted by molar-refractivity contribution is -0.120. The second-order valence-electron chi connectivity index (χ2n) is 6.02. The number of anilines is 1. The Labute approximate surface area is 129 Å². The molecular weight excluding hydrogens is 293 g/mol. The van der Waals surface area contributed by atoms with Crippen molar-refractivity contribution >= 4 is 23.2 Å². The van der Waals surface area contributed by atoms with Gasteiger partial charge >= 0.3 is 0 Å². The minimum atomic E-state index is -0.492. The van der Waals surface area contributed by atoms with Crippen LogP contribution in [-0.4, -0.2) is 36.5 Å². The molecule has 1 fully saturated rings. The summed E-state index contributed by atoms with van der Waals surface area (Å²) in [5, 5.41) is 2.99. The number of nitrogens with two attached hydrogens (primary N) is 1. The average molecular weight is 314 g/mol. The van der Waals surface area contributed by atoms with E-state index in [1.807, 2.05) is 6.92 Å². The van der Waals surface area contributed by atoms with Gasteiger partial charge in [0.15, 0.2) is 0 Å². The van der Waals surface area contributed by atoms with E-state index >= 15 is 0 Å². The van der Waals surface area contributed by atoms with Gasteiger partial charge in [-0.2, -0.15) is 0 Å². The quantitative estimate of drug-likeness (QED) is 0.898. The van der Waals surface area contributed by atoms with Crippen LogP contribution in [0.1, 0.15) is 20.3 Å². The van der Waals surface area contributed by atoms with Gasteiger partial charge in [0.25, 0.3) is 0 Å². The number of benzene rings is 1. The van der Waals surface area contributed by atoms with Crippen LogP contribution in [0.25, 0.3) is 0 Å². The van der Waals surface area contributed by atoms with Gasteiger partial charge in [-0.25, -0.2) is 4.39 Å². The van der Waals surface area contributed by atoms with Gasteiger partial charge in [0.1, 0.15) is 5.82 Å². The number of carbonyl (C=O) groups excluding carboxylic acids is 1. The number of rotatable bonds is 4. The van der Waals surface area contributed by atoms with E-state index in [2.05, 4.69) is 17.1 Å². The zero-order valence-electron chi connectivity index (χ0n) is 12.3. The van der Waals surface area contributed by atoms with Crippen LogP contribution in [0.4, 0.5) is 10.1 Å². The maximum absolute atomic E-state index is 13.6. The van der Waals surface area contributed by atoms with E-state index in [-0.39, 0.29) is 23.1 Å². The standard InChI is InChI=1S/C15H21ClFN3O/c1-10(20-6-5-15(2,8-18)9-20)14(21)19-13-7-11(16)3-4-12(13)17/h3-4,7,10H,5-6,8-9,18H2,1-2H3,(H,19,21). The molecule has 2 atom stereocenters. The average Bonchev–Trinajstić information content (AvgIpc) is 2.85. The van der Waals surface area contributed by atoms with Gasteiger partial charge in [0.2, 0.25) is 5.91 Å². The van der Waals surface area contributed by atoms with E-state index in [1.165, 1.54) is 18.2 Å². The molecular formula is C15H21ClFN3O. The zero-order chi connectivity index (χ0) is 15.6. The molecule has 1 heterocycles. The van der Waals surface area contributed by atoms with Crippen LogP contribution < -0.4 is 11.1 Å². The van der Waals surface area contributed by atoms with E-state index < -0.39 is 5.82 Å². The molecule has 4 nitrogen and oxygen atoms in total. The number of nitrogens with zero attached hydrogens (tertiary/aromatic N) is 1. The molecule has 1 aromatic rings. The van der Waals surface area contributed by atoms with Crippen molar-refractivity contribution in [1.82, 2.24) is 4.90 Å². The molecule has 1 saturated heterocycles. The number of hydrogen-bond donors (Lipinski definition) is 2. The molecule has 1 aromatic carbocycles. The summed E-state index contributed by atoms with van der Waals surface area (Å²) in [6, 6.07) is 3.76. The minimum Gasteiger partial charge on any atom is -0.330 e. The fraction of sp³-hybridized carbons (Fsp3) is 0.533. The first-order chi connectivity index (χ1) is 9.84. The van der Waals surface area contributed by atoms with Gasteiger partial charge in [-0.05, 0) is 50.0 Å². The van der Waals surface area contributed by atoms with E-state index in [4.69, 9.17) is 17.3 Å². The molecule has 3 N–H and O–H groups in total. The molecule has 0 aliphatic carbocycles. The van der Waals surface area contributed by atoms with Gasteiger partial charge in [-0.3, -0.25) is 9.69 Å². The molecule has 0 radical (unpaired) electrons.